The maximum absolute atomic E-state index is 11.6. The Morgan fingerprint density at radius 1 is 1.47 bits per heavy atom. The molecule has 0 aromatic rings. The molecule has 86 valence electrons. The van der Waals surface area contributed by atoms with E-state index in [2.05, 4.69) is 11.4 Å². The van der Waals surface area contributed by atoms with Crippen LogP contribution >= 0.6 is 0 Å². The van der Waals surface area contributed by atoms with E-state index in [1.54, 1.807) is 14.0 Å². The Labute approximate surface area is 91.6 Å². The molecule has 1 N–H and O–H groups in total. The number of hydrogen-bond acceptors (Lipinski definition) is 3. The minimum absolute atomic E-state index is 0.159. The van der Waals surface area contributed by atoms with Gasteiger partial charge < -0.3 is 10.1 Å². The summed E-state index contributed by atoms with van der Waals surface area (Å²) in [4.78, 5) is 11.6. The highest BCUT2D eigenvalue weighted by atomic mass is 16.5. The number of carbonyl (C=O) groups is 1. The molecule has 0 bridgehead atoms. The molecular formula is C11H20N2O2. The van der Waals surface area contributed by atoms with Crippen LogP contribution in [0.3, 0.4) is 0 Å². The van der Waals surface area contributed by atoms with Crippen LogP contribution in [0.2, 0.25) is 0 Å². The molecule has 0 fully saturated rings. The Bertz CT molecular complexity index is 268. The van der Waals surface area contributed by atoms with Gasteiger partial charge in [0.15, 0.2) is 0 Å². The van der Waals surface area contributed by atoms with Crippen molar-refractivity contribution < 1.29 is 9.53 Å². The van der Waals surface area contributed by atoms with Crippen LogP contribution in [-0.2, 0) is 9.53 Å². The molecule has 4 nitrogen and oxygen atoms in total. The Hall–Kier alpha value is -1.08. The molecule has 0 aliphatic rings. The van der Waals surface area contributed by atoms with Crippen molar-refractivity contribution in [2.45, 2.75) is 51.7 Å². The largest absolute Gasteiger partial charge is 0.378 e. The van der Waals surface area contributed by atoms with Crippen molar-refractivity contribution >= 4 is 5.91 Å². The summed E-state index contributed by atoms with van der Waals surface area (Å²) in [6.45, 7) is 7.25. The molecule has 0 aliphatic heterocycles. The van der Waals surface area contributed by atoms with Gasteiger partial charge in [0.1, 0.15) is 5.54 Å². The van der Waals surface area contributed by atoms with Gasteiger partial charge in [0, 0.05) is 7.11 Å². The normalized spacial score (nSPS) is 15.2. The molecular weight excluding hydrogens is 192 g/mol. The van der Waals surface area contributed by atoms with Crippen LogP contribution in [0.4, 0.5) is 0 Å². The highest BCUT2D eigenvalue weighted by Gasteiger charge is 2.27. The predicted molar refractivity (Wildman–Crippen MR) is 58.2 cm³/mol. The van der Waals surface area contributed by atoms with E-state index in [1.165, 1.54) is 0 Å². The molecule has 0 heterocycles. The highest BCUT2D eigenvalue weighted by molar-refractivity contribution is 5.78. The molecule has 1 atom stereocenters. The smallest absolute Gasteiger partial charge is 0.224 e. The van der Waals surface area contributed by atoms with Crippen molar-refractivity contribution in [1.29, 1.82) is 5.26 Å². The third-order valence-corrected chi connectivity index (χ3v) is 2.51. The molecule has 0 aliphatic carbocycles. The first kappa shape index (κ1) is 13.9. The van der Waals surface area contributed by atoms with Gasteiger partial charge in [0.2, 0.25) is 5.91 Å². The van der Waals surface area contributed by atoms with E-state index in [0.29, 0.717) is 6.42 Å². The minimum Gasteiger partial charge on any atom is -0.378 e. The van der Waals surface area contributed by atoms with Crippen molar-refractivity contribution in [3.8, 4) is 6.07 Å². The molecule has 0 rings (SSSR count). The lowest BCUT2D eigenvalue weighted by atomic mass is 9.99. The topological polar surface area (TPSA) is 62.1 Å². The van der Waals surface area contributed by atoms with Crippen molar-refractivity contribution in [2.75, 3.05) is 7.11 Å². The number of amides is 1. The number of ether oxygens (including phenoxy) is 1. The van der Waals surface area contributed by atoms with E-state index in [4.69, 9.17) is 10.00 Å². The van der Waals surface area contributed by atoms with Gasteiger partial charge in [-0.15, -0.1) is 0 Å². The second kappa shape index (κ2) is 5.13. The summed E-state index contributed by atoms with van der Waals surface area (Å²) >= 11 is 0. The van der Waals surface area contributed by atoms with Crippen LogP contribution in [0.5, 0.6) is 0 Å². The number of carbonyl (C=O) groups excluding carboxylic acids is 1. The minimum atomic E-state index is -0.777. The lowest BCUT2D eigenvalue weighted by Crippen LogP contribution is -2.46. The monoisotopic (exact) mass is 212 g/mol. The van der Waals surface area contributed by atoms with Crippen molar-refractivity contribution in [3.05, 3.63) is 0 Å². The van der Waals surface area contributed by atoms with Gasteiger partial charge >= 0.3 is 0 Å². The first-order valence-corrected chi connectivity index (χ1v) is 5.06. The van der Waals surface area contributed by atoms with Gasteiger partial charge in [-0.1, -0.05) is 6.92 Å². The van der Waals surface area contributed by atoms with E-state index >= 15 is 0 Å². The summed E-state index contributed by atoms with van der Waals surface area (Å²) in [5.74, 6) is -0.159. The first-order chi connectivity index (χ1) is 6.78. The van der Waals surface area contributed by atoms with E-state index in [1.807, 2.05) is 20.8 Å². The average Bonchev–Trinajstić information content (AvgIpc) is 2.16. The second-order valence-corrected chi connectivity index (χ2v) is 4.49. The summed E-state index contributed by atoms with van der Waals surface area (Å²) in [5, 5.41) is 11.6. The van der Waals surface area contributed by atoms with Gasteiger partial charge in [0.25, 0.3) is 0 Å². The SMILES string of the molecule is CCC(C)(C#N)NC(=O)CC(C)(C)OC. The Morgan fingerprint density at radius 3 is 2.33 bits per heavy atom. The second-order valence-electron chi connectivity index (χ2n) is 4.49. The van der Waals surface area contributed by atoms with E-state index in [-0.39, 0.29) is 12.3 Å². The molecule has 1 amide bonds. The van der Waals surface area contributed by atoms with Gasteiger partial charge in [-0.3, -0.25) is 4.79 Å². The Balaban J connectivity index is 4.34. The molecule has 1 unspecified atom stereocenters. The maximum Gasteiger partial charge on any atom is 0.224 e. The number of rotatable bonds is 5. The third kappa shape index (κ3) is 4.80. The quantitative estimate of drug-likeness (QED) is 0.753. The molecule has 4 heteroatoms. The third-order valence-electron chi connectivity index (χ3n) is 2.51. The molecule has 0 aromatic heterocycles. The zero-order valence-corrected chi connectivity index (χ0v) is 10.2. The van der Waals surface area contributed by atoms with Crippen LogP contribution in [0.1, 0.15) is 40.5 Å². The average molecular weight is 212 g/mol. The van der Waals surface area contributed by atoms with Crippen LogP contribution < -0.4 is 5.32 Å². The fraction of sp³-hybridized carbons (Fsp3) is 0.818. The number of hydrogen-bond donors (Lipinski definition) is 1. The summed E-state index contributed by atoms with van der Waals surface area (Å²) in [6, 6.07) is 2.09. The summed E-state index contributed by atoms with van der Waals surface area (Å²) in [5.41, 5.74) is -1.27. The lowest BCUT2D eigenvalue weighted by Gasteiger charge is -2.26. The van der Waals surface area contributed by atoms with E-state index in [0.717, 1.165) is 0 Å². The number of methoxy groups -OCH3 is 1. The lowest BCUT2D eigenvalue weighted by molar-refractivity contribution is -0.127. The molecule has 0 saturated heterocycles. The van der Waals surface area contributed by atoms with Crippen LogP contribution in [0.15, 0.2) is 0 Å². The van der Waals surface area contributed by atoms with Gasteiger partial charge in [-0.05, 0) is 27.2 Å². The van der Waals surface area contributed by atoms with E-state index < -0.39 is 11.1 Å². The van der Waals surface area contributed by atoms with Crippen LogP contribution in [0.25, 0.3) is 0 Å². The number of nitrogens with one attached hydrogen (secondary N) is 1. The zero-order chi connectivity index (χ0) is 12.1. The van der Waals surface area contributed by atoms with Crippen molar-refractivity contribution in [3.63, 3.8) is 0 Å². The molecule has 0 radical (unpaired) electrons. The van der Waals surface area contributed by atoms with Crippen molar-refractivity contribution in [1.82, 2.24) is 5.32 Å². The standard InChI is InChI=1S/C11H20N2O2/c1-6-11(4,8-12)13-9(14)7-10(2,3)15-5/h6-7H2,1-5H3,(H,13,14). The molecule has 0 saturated carbocycles. The zero-order valence-electron chi connectivity index (χ0n) is 10.2. The fourth-order valence-corrected chi connectivity index (χ4v) is 1.01. The van der Waals surface area contributed by atoms with Crippen LogP contribution in [-0.4, -0.2) is 24.2 Å². The highest BCUT2D eigenvalue weighted by Crippen LogP contribution is 2.14. The van der Waals surface area contributed by atoms with Crippen LogP contribution in [0, 0.1) is 11.3 Å². The molecule has 15 heavy (non-hydrogen) atoms. The van der Waals surface area contributed by atoms with E-state index in [9.17, 15) is 4.79 Å². The van der Waals surface area contributed by atoms with Crippen molar-refractivity contribution in [2.24, 2.45) is 0 Å². The predicted octanol–water partition coefficient (Wildman–Crippen LogP) is 1.61. The Kier molecular flexibility index (Phi) is 4.76. The Morgan fingerprint density at radius 2 is 2.00 bits per heavy atom. The van der Waals surface area contributed by atoms with Gasteiger partial charge in [-0.2, -0.15) is 5.26 Å². The van der Waals surface area contributed by atoms with Gasteiger partial charge in [0.05, 0.1) is 18.1 Å². The fourth-order valence-electron chi connectivity index (χ4n) is 1.01. The summed E-state index contributed by atoms with van der Waals surface area (Å²) in [7, 11) is 1.57. The molecule has 0 aromatic carbocycles. The number of nitriles is 1. The first-order valence-electron chi connectivity index (χ1n) is 5.06. The molecule has 0 spiro atoms. The van der Waals surface area contributed by atoms with Gasteiger partial charge in [-0.25, -0.2) is 0 Å². The summed E-state index contributed by atoms with van der Waals surface area (Å²) < 4.78 is 5.15. The number of nitrogens with zero attached hydrogens (tertiary/aromatic N) is 1. The summed E-state index contributed by atoms with van der Waals surface area (Å²) in [6.07, 6.45) is 0.837. The maximum atomic E-state index is 11.6.